The summed E-state index contributed by atoms with van der Waals surface area (Å²) in [6.45, 7) is 5.60. The zero-order valence-electron chi connectivity index (χ0n) is 15.3. The van der Waals surface area contributed by atoms with Crippen LogP contribution >= 0.6 is 11.3 Å². The Balaban J connectivity index is 1.92. The number of carbonyl (C=O) groups is 1. The molecule has 1 heterocycles. The quantitative estimate of drug-likeness (QED) is 0.826. The lowest BCUT2D eigenvalue weighted by molar-refractivity contribution is 0.0636. The summed E-state index contributed by atoms with van der Waals surface area (Å²) in [5.74, 6) is 0. The minimum atomic E-state index is -2.34. The Morgan fingerprint density at radius 3 is 2.50 bits per heavy atom. The van der Waals surface area contributed by atoms with Crippen LogP contribution in [-0.2, 0) is 21.1 Å². The third kappa shape index (κ3) is 5.95. The lowest BCUT2D eigenvalue weighted by Gasteiger charge is -2.18. The second-order valence-electron chi connectivity index (χ2n) is 6.42. The van der Waals surface area contributed by atoms with E-state index in [-0.39, 0.29) is 6.61 Å². The van der Waals surface area contributed by atoms with Crippen LogP contribution in [0.1, 0.15) is 26.3 Å². The second-order valence-corrected chi connectivity index (χ2v) is 9.80. The number of aromatic nitrogens is 2. The van der Waals surface area contributed by atoms with Crippen molar-refractivity contribution in [1.29, 1.82) is 0 Å². The summed E-state index contributed by atoms with van der Waals surface area (Å²) in [5, 5.41) is 10.8. The molecule has 0 aliphatic carbocycles. The molecule has 2 rings (SSSR count). The van der Waals surface area contributed by atoms with E-state index < -0.39 is 21.4 Å². The molecular weight excluding hydrogens is 376 g/mol. The third-order valence-corrected chi connectivity index (χ3v) is 5.68. The Hall–Kier alpha value is -2.20. The molecule has 0 saturated carbocycles. The maximum Gasteiger partial charge on any atom is 0.414 e. The van der Waals surface area contributed by atoms with Crippen molar-refractivity contribution in [1.82, 2.24) is 10.2 Å². The molecule has 26 heavy (non-hydrogen) atoms. The summed E-state index contributed by atoms with van der Waals surface area (Å²) in [6.07, 6.45) is 0.999. The number of hydrogen-bond donors (Lipinski definition) is 1. The van der Waals surface area contributed by atoms with E-state index in [1.54, 1.807) is 39.2 Å². The van der Waals surface area contributed by atoms with Gasteiger partial charge in [-0.15, -0.1) is 5.10 Å². The van der Waals surface area contributed by atoms with Crippen LogP contribution in [0.5, 0.6) is 5.19 Å². The van der Waals surface area contributed by atoms with Gasteiger partial charge in [0.25, 0.3) is 5.19 Å². The van der Waals surface area contributed by atoms with E-state index in [0.717, 1.165) is 16.9 Å². The van der Waals surface area contributed by atoms with Gasteiger partial charge < -0.3 is 9.47 Å². The third-order valence-electron chi connectivity index (χ3n) is 3.09. The number of anilines is 1. The van der Waals surface area contributed by atoms with Gasteiger partial charge in [-0.05, 0) is 49.8 Å². The summed E-state index contributed by atoms with van der Waals surface area (Å²) < 4.78 is 26.8. The molecule has 142 valence electrons. The van der Waals surface area contributed by atoms with Gasteiger partial charge in [0.1, 0.15) is 12.2 Å². The normalized spacial score (nSPS) is 13.6. The fourth-order valence-electron chi connectivity index (χ4n) is 1.80. The van der Waals surface area contributed by atoms with Gasteiger partial charge in [-0.25, -0.2) is 13.4 Å². The molecule has 0 radical (unpaired) electrons. The average molecular weight is 399 g/mol. The summed E-state index contributed by atoms with van der Waals surface area (Å²) in [6, 6.07) is 7.18. The van der Waals surface area contributed by atoms with Crippen molar-refractivity contribution in [2.24, 2.45) is 4.36 Å². The summed E-state index contributed by atoms with van der Waals surface area (Å²) in [5.41, 5.74) is 0.296. The summed E-state index contributed by atoms with van der Waals surface area (Å²) in [7, 11) is -0.802. The van der Waals surface area contributed by atoms with E-state index >= 15 is 0 Å². The lowest BCUT2D eigenvalue weighted by atomic mass is 10.2. The van der Waals surface area contributed by atoms with Crippen LogP contribution < -0.4 is 10.1 Å². The molecule has 0 aliphatic rings. The highest BCUT2D eigenvalue weighted by Crippen LogP contribution is 2.24. The largest absolute Gasteiger partial charge is 0.464 e. The van der Waals surface area contributed by atoms with E-state index in [0.29, 0.717) is 15.2 Å². The monoisotopic (exact) mass is 398 g/mol. The van der Waals surface area contributed by atoms with Crippen LogP contribution in [0.3, 0.4) is 0 Å². The molecule has 2 aromatic rings. The topological polar surface area (TPSA) is 103 Å². The van der Waals surface area contributed by atoms with Crippen LogP contribution in [0.4, 0.5) is 9.93 Å². The molecule has 10 heteroatoms. The van der Waals surface area contributed by atoms with Crippen LogP contribution in [-0.4, -0.2) is 39.4 Å². The Bertz CT molecular complexity index is 878. The first-order valence-electron chi connectivity index (χ1n) is 7.74. The zero-order chi connectivity index (χ0) is 19.4. The predicted octanol–water partition coefficient (Wildman–Crippen LogP) is 3.55. The highest BCUT2D eigenvalue weighted by Gasteiger charge is 2.18. The minimum Gasteiger partial charge on any atom is -0.464 e. The van der Waals surface area contributed by atoms with Gasteiger partial charge in [-0.3, -0.25) is 5.32 Å². The average Bonchev–Trinajstić information content (AvgIpc) is 2.99. The maximum absolute atomic E-state index is 12.2. The second kappa shape index (κ2) is 8.00. The summed E-state index contributed by atoms with van der Waals surface area (Å²) >= 11 is 1.10. The molecule has 0 saturated heterocycles. The number of amides is 1. The molecule has 1 aromatic carbocycles. The smallest absolute Gasteiger partial charge is 0.414 e. The molecule has 1 unspecified atom stereocenters. The first-order valence-corrected chi connectivity index (χ1v) is 10.5. The Morgan fingerprint density at radius 2 is 1.92 bits per heavy atom. The van der Waals surface area contributed by atoms with Gasteiger partial charge in [0.15, 0.2) is 0 Å². The minimum absolute atomic E-state index is 0.273. The van der Waals surface area contributed by atoms with Crippen molar-refractivity contribution < 1.29 is 18.5 Å². The number of ether oxygens (including phenoxy) is 2. The number of rotatable bonds is 5. The van der Waals surface area contributed by atoms with Crippen LogP contribution in [0.2, 0.25) is 0 Å². The standard InChI is InChI=1S/C16H22N4O4S2/c1-16(2,3)24-14(21)18-13-19-20-15(25-13)23-10-11-6-8-12(9-7-11)26(5,22)17-4/h6-9H,10H2,1-5H3,(H,18,19,21). The van der Waals surface area contributed by atoms with Crippen LogP contribution in [0.15, 0.2) is 33.5 Å². The van der Waals surface area contributed by atoms with Crippen molar-refractivity contribution in [3.63, 3.8) is 0 Å². The van der Waals surface area contributed by atoms with Gasteiger partial charge in [0, 0.05) is 18.2 Å². The highest BCUT2D eigenvalue weighted by molar-refractivity contribution is 7.93. The Labute approximate surface area is 157 Å². The molecule has 0 bridgehead atoms. The van der Waals surface area contributed by atoms with E-state index in [1.807, 2.05) is 12.1 Å². The van der Waals surface area contributed by atoms with Crippen LogP contribution in [0.25, 0.3) is 0 Å². The molecular formula is C16H22N4O4S2. The molecule has 0 spiro atoms. The maximum atomic E-state index is 12.2. The number of benzene rings is 1. The lowest BCUT2D eigenvalue weighted by Crippen LogP contribution is -2.27. The Kier molecular flexibility index (Phi) is 6.19. The van der Waals surface area contributed by atoms with Crippen molar-refractivity contribution >= 4 is 32.3 Å². The van der Waals surface area contributed by atoms with Crippen molar-refractivity contribution in [3.8, 4) is 5.19 Å². The molecule has 0 fully saturated rings. The molecule has 8 nitrogen and oxygen atoms in total. The van der Waals surface area contributed by atoms with E-state index in [2.05, 4.69) is 19.9 Å². The molecule has 1 amide bonds. The van der Waals surface area contributed by atoms with Crippen molar-refractivity contribution in [2.75, 3.05) is 18.6 Å². The highest BCUT2D eigenvalue weighted by atomic mass is 32.2. The van der Waals surface area contributed by atoms with Gasteiger partial charge in [0.2, 0.25) is 5.13 Å². The van der Waals surface area contributed by atoms with Crippen molar-refractivity contribution in [2.45, 2.75) is 37.9 Å². The fraction of sp³-hybridized carbons (Fsp3) is 0.438. The first-order chi connectivity index (χ1) is 12.1. The fourth-order valence-corrected chi connectivity index (χ4v) is 3.23. The number of hydrogen-bond acceptors (Lipinski definition) is 8. The van der Waals surface area contributed by atoms with Gasteiger partial charge >= 0.3 is 6.09 Å². The number of nitrogens with zero attached hydrogens (tertiary/aromatic N) is 3. The predicted molar refractivity (Wildman–Crippen MR) is 101 cm³/mol. The molecule has 1 aromatic heterocycles. The number of nitrogens with one attached hydrogen (secondary N) is 1. The van der Waals surface area contributed by atoms with Gasteiger partial charge in [0.05, 0.1) is 9.73 Å². The van der Waals surface area contributed by atoms with Gasteiger partial charge in [-0.2, -0.15) is 0 Å². The van der Waals surface area contributed by atoms with Crippen molar-refractivity contribution in [3.05, 3.63) is 29.8 Å². The Morgan fingerprint density at radius 1 is 1.27 bits per heavy atom. The van der Waals surface area contributed by atoms with E-state index in [1.165, 1.54) is 7.05 Å². The first kappa shape index (κ1) is 20.1. The van der Waals surface area contributed by atoms with E-state index in [4.69, 9.17) is 9.47 Å². The molecule has 0 aliphatic heterocycles. The number of carbonyl (C=O) groups excluding carboxylic acids is 1. The molecule has 1 atom stereocenters. The van der Waals surface area contributed by atoms with E-state index in [9.17, 15) is 9.00 Å². The SMILES string of the molecule is CN=S(C)(=O)c1ccc(COc2nnc(NC(=O)OC(C)(C)C)s2)cc1. The molecule has 1 N–H and O–H groups in total. The van der Waals surface area contributed by atoms with Gasteiger partial charge in [-0.1, -0.05) is 17.2 Å². The summed E-state index contributed by atoms with van der Waals surface area (Å²) in [4.78, 5) is 12.4. The van der Waals surface area contributed by atoms with Crippen LogP contribution in [0, 0.1) is 0 Å². The zero-order valence-corrected chi connectivity index (χ0v) is 16.9.